The summed E-state index contributed by atoms with van der Waals surface area (Å²) in [6, 6.07) is 3.93. The number of anilines is 1. The van der Waals surface area contributed by atoms with Crippen LogP contribution in [0.2, 0.25) is 5.02 Å². The van der Waals surface area contributed by atoms with Crippen LogP contribution in [0, 0.1) is 13.8 Å². The molecule has 0 radical (unpaired) electrons. The molecule has 9 heteroatoms. The summed E-state index contributed by atoms with van der Waals surface area (Å²) < 4.78 is 9.47. The number of nitrogens with zero attached hydrogens (tertiary/aromatic N) is 6. The molecule has 1 atom stereocenters. The number of pyridine rings is 1. The SMILES string of the molecule is CCCn1ncc(N2CC[C@@H](Oc3cc(-c4c(C)nn(C)c4C)ccn3)C2)c(Cl)c1=O. The molecule has 0 N–H and O–H groups in total. The molecular formula is C22H27ClN6O2. The second kappa shape index (κ2) is 8.70. The lowest BCUT2D eigenvalue weighted by atomic mass is 10.1. The van der Waals surface area contributed by atoms with Gasteiger partial charge in [0.25, 0.3) is 5.56 Å². The zero-order valence-corrected chi connectivity index (χ0v) is 19.1. The highest BCUT2D eigenvalue weighted by molar-refractivity contribution is 6.33. The van der Waals surface area contributed by atoms with Crippen LogP contribution in [0.4, 0.5) is 5.69 Å². The van der Waals surface area contributed by atoms with Crippen molar-refractivity contribution in [2.75, 3.05) is 18.0 Å². The Labute approximate surface area is 186 Å². The predicted octanol–water partition coefficient (Wildman–Crippen LogP) is 3.38. The largest absolute Gasteiger partial charge is 0.472 e. The zero-order valence-electron chi connectivity index (χ0n) is 18.3. The Morgan fingerprint density at radius 1 is 1.32 bits per heavy atom. The molecule has 164 valence electrons. The molecule has 31 heavy (non-hydrogen) atoms. The van der Waals surface area contributed by atoms with Crippen molar-refractivity contribution in [2.24, 2.45) is 7.05 Å². The van der Waals surface area contributed by atoms with E-state index in [1.807, 2.05) is 37.7 Å². The Hall–Kier alpha value is -2.87. The van der Waals surface area contributed by atoms with Crippen molar-refractivity contribution in [3.8, 4) is 17.0 Å². The third kappa shape index (κ3) is 4.17. The molecule has 0 unspecified atom stereocenters. The van der Waals surface area contributed by atoms with Crippen LogP contribution in [0.3, 0.4) is 0 Å². The van der Waals surface area contributed by atoms with E-state index in [0.717, 1.165) is 41.9 Å². The first kappa shape index (κ1) is 21.4. The lowest BCUT2D eigenvalue weighted by Gasteiger charge is -2.20. The van der Waals surface area contributed by atoms with Gasteiger partial charge in [-0.15, -0.1) is 0 Å². The van der Waals surface area contributed by atoms with Crippen LogP contribution >= 0.6 is 11.6 Å². The molecule has 3 aromatic heterocycles. The quantitative estimate of drug-likeness (QED) is 0.582. The minimum absolute atomic E-state index is 0.0482. The van der Waals surface area contributed by atoms with Gasteiger partial charge in [-0.05, 0) is 31.9 Å². The molecule has 0 bridgehead atoms. The summed E-state index contributed by atoms with van der Waals surface area (Å²) in [5.74, 6) is 0.578. The molecule has 4 rings (SSSR count). The summed E-state index contributed by atoms with van der Waals surface area (Å²) in [7, 11) is 1.94. The van der Waals surface area contributed by atoms with Gasteiger partial charge >= 0.3 is 0 Å². The van der Waals surface area contributed by atoms with E-state index in [1.54, 1.807) is 12.4 Å². The molecule has 8 nitrogen and oxygen atoms in total. The molecule has 3 aromatic rings. The maximum absolute atomic E-state index is 12.4. The summed E-state index contributed by atoms with van der Waals surface area (Å²) in [5, 5.41) is 8.98. The van der Waals surface area contributed by atoms with Gasteiger partial charge in [-0.1, -0.05) is 18.5 Å². The maximum atomic E-state index is 12.4. The number of ether oxygens (including phenoxy) is 1. The third-order valence-corrected chi connectivity index (χ3v) is 6.06. The Bertz CT molecular complexity index is 1160. The van der Waals surface area contributed by atoms with Gasteiger partial charge in [0.2, 0.25) is 5.88 Å². The van der Waals surface area contributed by atoms with Crippen molar-refractivity contribution < 1.29 is 4.74 Å². The van der Waals surface area contributed by atoms with Crippen LogP contribution in [0.5, 0.6) is 5.88 Å². The molecule has 0 amide bonds. The highest BCUT2D eigenvalue weighted by atomic mass is 35.5. The maximum Gasteiger partial charge on any atom is 0.287 e. The minimum atomic E-state index is -0.248. The van der Waals surface area contributed by atoms with Crippen molar-refractivity contribution in [3.63, 3.8) is 0 Å². The first-order valence-corrected chi connectivity index (χ1v) is 10.9. The van der Waals surface area contributed by atoms with Crippen molar-refractivity contribution in [2.45, 2.75) is 46.3 Å². The smallest absolute Gasteiger partial charge is 0.287 e. The number of hydrogen-bond donors (Lipinski definition) is 0. The van der Waals surface area contributed by atoms with Gasteiger partial charge in [0.1, 0.15) is 11.1 Å². The van der Waals surface area contributed by atoms with Crippen molar-refractivity contribution in [3.05, 3.63) is 51.3 Å². The first-order valence-electron chi connectivity index (χ1n) is 10.5. The van der Waals surface area contributed by atoms with Crippen LogP contribution in [-0.4, -0.2) is 43.7 Å². The summed E-state index contributed by atoms with van der Waals surface area (Å²) in [5.41, 5.74) is 4.63. The van der Waals surface area contributed by atoms with Crippen LogP contribution in [0.1, 0.15) is 31.2 Å². The van der Waals surface area contributed by atoms with E-state index in [1.165, 1.54) is 4.68 Å². The molecule has 0 aromatic carbocycles. The van der Waals surface area contributed by atoms with E-state index in [-0.39, 0.29) is 16.7 Å². The summed E-state index contributed by atoms with van der Waals surface area (Å²) >= 11 is 6.37. The van der Waals surface area contributed by atoms with Gasteiger partial charge in [-0.2, -0.15) is 10.2 Å². The van der Waals surface area contributed by atoms with Crippen molar-refractivity contribution in [1.82, 2.24) is 24.5 Å². The second-order valence-electron chi connectivity index (χ2n) is 7.90. The van der Waals surface area contributed by atoms with Gasteiger partial charge in [0.05, 0.1) is 24.1 Å². The monoisotopic (exact) mass is 442 g/mol. The third-order valence-electron chi connectivity index (χ3n) is 5.71. The molecular weight excluding hydrogens is 416 g/mol. The van der Waals surface area contributed by atoms with E-state index in [0.29, 0.717) is 24.7 Å². The van der Waals surface area contributed by atoms with E-state index < -0.39 is 0 Å². The average Bonchev–Trinajstić information content (AvgIpc) is 3.29. The molecule has 1 saturated heterocycles. The number of rotatable bonds is 6. The topological polar surface area (TPSA) is 78.1 Å². The lowest BCUT2D eigenvalue weighted by molar-refractivity contribution is 0.216. The number of aromatic nitrogens is 5. The molecule has 1 aliphatic rings. The van der Waals surface area contributed by atoms with Crippen molar-refractivity contribution >= 4 is 17.3 Å². The molecule has 1 fully saturated rings. The standard InChI is InChI=1S/C22H27ClN6O2/c1-5-9-29-22(30)21(23)18(12-25-29)28-10-7-17(13-28)31-19-11-16(6-8-24-19)20-14(2)26-27(4)15(20)3/h6,8,11-12,17H,5,7,9-10,13H2,1-4H3/t17-/m1/s1. The van der Waals surface area contributed by atoms with E-state index in [9.17, 15) is 4.79 Å². The lowest BCUT2D eigenvalue weighted by Crippen LogP contribution is -2.29. The van der Waals surface area contributed by atoms with Gasteiger partial charge in [-0.3, -0.25) is 9.48 Å². The Kier molecular flexibility index (Phi) is 6.00. The Balaban J connectivity index is 1.49. The number of aryl methyl sites for hydroxylation is 3. The first-order chi connectivity index (χ1) is 14.9. The molecule has 0 aliphatic carbocycles. The number of hydrogen-bond acceptors (Lipinski definition) is 6. The Morgan fingerprint density at radius 2 is 2.13 bits per heavy atom. The van der Waals surface area contributed by atoms with Gasteiger partial charge < -0.3 is 9.64 Å². The highest BCUT2D eigenvalue weighted by Crippen LogP contribution is 2.30. The number of halogens is 1. The van der Waals surface area contributed by atoms with E-state index in [2.05, 4.69) is 27.0 Å². The molecule has 4 heterocycles. The normalized spacial score (nSPS) is 16.2. The molecule has 0 saturated carbocycles. The van der Waals surface area contributed by atoms with Crippen LogP contribution in [0.15, 0.2) is 29.3 Å². The van der Waals surface area contributed by atoms with E-state index in [4.69, 9.17) is 16.3 Å². The van der Waals surface area contributed by atoms with E-state index >= 15 is 0 Å². The van der Waals surface area contributed by atoms with Crippen LogP contribution in [0.25, 0.3) is 11.1 Å². The minimum Gasteiger partial charge on any atom is -0.472 e. The van der Waals surface area contributed by atoms with Gasteiger partial charge in [-0.25, -0.2) is 9.67 Å². The second-order valence-corrected chi connectivity index (χ2v) is 8.28. The zero-order chi connectivity index (χ0) is 22.1. The Morgan fingerprint density at radius 3 is 2.84 bits per heavy atom. The summed E-state index contributed by atoms with van der Waals surface area (Å²) in [6.07, 6.45) is 5.02. The summed E-state index contributed by atoms with van der Waals surface area (Å²) in [6.45, 7) is 7.97. The molecule has 0 spiro atoms. The van der Waals surface area contributed by atoms with Crippen molar-refractivity contribution in [1.29, 1.82) is 0 Å². The summed E-state index contributed by atoms with van der Waals surface area (Å²) in [4.78, 5) is 18.9. The average molecular weight is 443 g/mol. The van der Waals surface area contributed by atoms with Gasteiger partial charge in [0.15, 0.2) is 0 Å². The van der Waals surface area contributed by atoms with Crippen LogP contribution in [-0.2, 0) is 13.6 Å². The fourth-order valence-electron chi connectivity index (χ4n) is 4.08. The fraction of sp³-hybridized carbons (Fsp3) is 0.455. The molecule has 1 aliphatic heterocycles. The fourth-order valence-corrected chi connectivity index (χ4v) is 4.35. The van der Waals surface area contributed by atoms with Crippen LogP contribution < -0.4 is 15.2 Å². The van der Waals surface area contributed by atoms with Gasteiger partial charge in [0, 0.05) is 50.1 Å². The highest BCUT2D eigenvalue weighted by Gasteiger charge is 2.27. The predicted molar refractivity (Wildman–Crippen MR) is 121 cm³/mol.